The van der Waals surface area contributed by atoms with Gasteiger partial charge in [-0.05, 0) is 31.4 Å². The van der Waals surface area contributed by atoms with Crippen LogP contribution in [0.25, 0.3) is 22.3 Å². The van der Waals surface area contributed by atoms with Gasteiger partial charge >= 0.3 is 0 Å². The molecule has 0 radical (unpaired) electrons. The molecule has 0 saturated heterocycles. The third-order valence-electron chi connectivity index (χ3n) is 4.21. The second kappa shape index (κ2) is 4.40. The Morgan fingerprint density at radius 1 is 1.20 bits per heavy atom. The van der Waals surface area contributed by atoms with Crippen molar-refractivity contribution in [2.45, 2.75) is 32.1 Å². The van der Waals surface area contributed by atoms with Gasteiger partial charge in [-0.25, -0.2) is 4.98 Å². The molecule has 0 spiro atoms. The van der Waals surface area contributed by atoms with E-state index < -0.39 is 0 Å². The molecule has 1 N–H and O–H groups in total. The number of hydrogen-bond acceptors (Lipinski definition) is 3. The zero-order valence-corrected chi connectivity index (χ0v) is 11.4. The van der Waals surface area contributed by atoms with E-state index in [0.717, 1.165) is 28.1 Å². The van der Waals surface area contributed by atoms with Crippen molar-refractivity contribution in [1.82, 2.24) is 20.2 Å². The zero-order valence-electron chi connectivity index (χ0n) is 11.4. The normalized spacial score (nSPS) is 15.4. The number of nitrogens with zero attached hydrogens (tertiary/aromatic N) is 3. The fourth-order valence-electron chi connectivity index (χ4n) is 2.77. The first-order valence-electron chi connectivity index (χ1n) is 7.10. The predicted molar refractivity (Wildman–Crippen MR) is 78.4 cm³/mol. The van der Waals surface area contributed by atoms with Gasteiger partial charge in [-0.1, -0.05) is 24.6 Å². The van der Waals surface area contributed by atoms with Gasteiger partial charge in [0, 0.05) is 23.1 Å². The lowest BCUT2D eigenvalue weighted by atomic mass is 9.85. The summed E-state index contributed by atoms with van der Waals surface area (Å²) in [6.45, 7) is 2.08. The van der Waals surface area contributed by atoms with Crippen LogP contribution in [0.2, 0.25) is 0 Å². The van der Waals surface area contributed by atoms with E-state index in [4.69, 9.17) is 0 Å². The van der Waals surface area contributed by atoms with Crippen LogP contribution in [0.15, 0.2) is 30.5 Å². The summed E-state index contributed by atoms with van der Waals surface area (Å²) >= 11 is 0. The van der Waals surface area contributed by atoms with Crippen molar-refractivity contribution >= 4 is 10.9 Å². The van der Waals surface area contributed by atoms with Crippen molar-refractivity contribution in [3.8, 4) is 11.4 Å². The maximum Gasteiger partial charge on any atom is 0.181 e. The summed E-state index contributed by atoms with van der Waals surface area (Å²) < 4.78 is 0. The Labute approximate surface area is 117 Å². The smallest absolute Gasteiger partial charge is 0.181 e. The van der Waals surface area contributed by atoms with E-state index in [-0.39, 0.29) is 0 Å². The molecule has 4 heteroatoms. The van der Waals surface area contributed by atoms with Crippen LogP contribution >= 0.6 is 0 Å². The average Bonchev–Trinajstić information content (AvgIpc) is 2.87. The van der Waals surface area contributed by atoms with Crippen molar-refractivity contribution in [1.29, 1.82) is 0 Å². The van der Waals surface area contributed by atoms with Crippen molar-refractivity contribution in [3.63, 3.8) is 0 Å². The van der Waals surface area contributed by atoms with Crippen molar-refractivity contribution < 1.29 is 0 Å². The number of H-pyrrole nitrogens is 1. The molecule has 4 rings (SSSR count). The molecule has 0 bridgehead atoms. The number of rotatable bonds is 2. The second-order valence-electron chi connectivity index (χ2n) is 5.50. The minimum Gasteiger partial charge on any atom is -0.262 e. The fourth-order valence-corrected chi connectivity index (χ4v) is 2.77. The highest BCUT2D eigenvalue weighted by Crippen LogP contribution is 2.35. The van der Waals surface area contributed by atoms with Crippen LogP contribution in [0.5, 0.6) is 0 Å². The third-order valence-corrected chi connectivity index (χ3v) is 4.21. The minimum atomic E-state index is 0.575. The predicted octanol–water partition coefficient (Wildman–Crippen LogP) is 3.60. The molecule has 1 aliphatic rings. The summed E-state index contributed by atoms with van der Waals surface area (Å²) in [5, 5.41) is 8.63. The van der Waals surface area contributed by atoms with Crippen LogP contribution in [0.4, 0.5) is 0 Å². The first-order valence-corrected chi connectivity index (χ1v) is 7.10. The van der Waals surface area contributed by atoms with E-state index in [2.05, 4.69) is 45.3 Å². The van der Waals surface area contributed by atoms with E-state index in [1.54, 1.807) is 0 Å². The van der Waals surface area contributed by atoms with E-state index in [9.17, 15) is 0 Å². The molecular formula is C16H16N4. The van der Waals surface area contributed by atoms with Crippen LogP contribution in [-0.2, 0) is 0 Å². The minimum absolute atomic E-state index is 0.575. The number of nitrogens with one attached hydrogen (secondary N) is 1. The molecule has 4 nitrogen and oxygen atoms in total. The molecular weight excluding hydrogens is 248 g/mol. The first-order chi connectivity index (χ1) is 9.83. The summed E-state index contributed by atoms with van der Waals surface area (Å²) in [7, 11) is 0. The largest absolute Gasteiger partial charge is 0.262 e. The number of fused-ring (bicyclic) bond motifs is 1. The average molecular weight is 264 g/mol. The standard InChI is InChI=1S/C16H16N4/c1-10-7-8-13(12-6-3-9-17-14(10)12)16-18-15(19-20-16)11-4-2-5-11/h3,6-9,11H,2,4-5H2,1H3,(H,18,19,20). The summed E-state index contributed by atoms with van der Waals surface area (Å²) in [5.74, 6) is 2.39. The Morgan fingerprint density at radius 2 is 2.10 bits per heavy atom. The Kier molecular flexibility index (Phi) is 2.55. The van der Waals surface area contributed by atoms with Crippen LogP contribution in [-0.4, -0.2) is 20.2 Å². The van der Waals surface area contributed by atoms with Gasteiger partial charge in [0.2, 0.25) is 0 Å². The number of aromatic nitrogens is 4. The maximum absolute atomic E-state index is 4.69. The topological polar surface area (TPSA) is 54.5 Å². The molecule has 3 aromatic rings. The molecule has 1 saturated carbocycles. The molecule has 0 unspecified atom stereocenters. The van der Waals surface area contributed by atoms with Gasteiger partial charge in [-0.2, -0.15) is 5.10 Å². The van der Waals surface area contributed by atoms with Crippen LogP contribution in [0.3, 0.4) is 0 Å². The third kappa shape index (κ3) is 1.72. The van der Waals surface area contributed by atoms with E-state index >= 15 is 0 Å². The Bertz CT molecular complexity index is 771. The Morgan fingerprint density at radius 3 is 2.90 bits per heavy atom. The quantitative estimate of drug-likeness (QED) is 0.769. The maximum atomic E-state index is 4.69. The molecule has 100 valence electrons. The zero-order chi connectivity index (χ0) is 13.5. The van der Waals surface area contributed by atoms with Crippen LogP contribution in [0.1, 0.15) is 36.6 Å². The lowest BCUT2D eigenvalue weighted by Crippen LogP contribution is -2.10. The van der Waals surface area contributed by atoms with E-state index in [1.807, 2.05) is 12.3 Å². The lowest BCUT2D eigenvalue weighted by Gasteiger charge is -2.22. The van der Waals surface area contributed by atoms with Gasteiger partial charge in [-0.15, -0.1) is 0 Å². The van der Waals surface area contributed by atoms with Gasteiger partial charge in [-0.3, -0.25) is 10.1 Å². The van der Waals surface area contributed by atoms with Gasteiger partial charge in [0.15, 0.2) is 5.82 Å². The molecule has 20 heavy (non-hydrogen) atoms. The van der Waals surface area contributed by atoms with E-state index in [1.165, 1.54) is 24.8 Å². The number of hydrogen-bond donors (Lipinski definition) is 1. The second-order valence-corrected chi connectivity index (χ2v) is 5.50. The van der Waals surface area contributed by atoms with E-state index in [0.29, 0.717) is 5.92 Å². The molecule has 2 heterocycles. The molecule has 0 amide bonds. The summed E-state index contributed by atoms with van der Waals surface area (Å²) in [5.41, 5.74) is 3.26. The molecule has 1 fully saturated rings. The molecule has 0 aliphatic heterocycles. The number of pyridine rings is 1. The molecule has 1 aliphatic carbocycles. The SMILES string of the molecule is Cc1ccc(-c2n[nH]c(C3CCC3)n2)c2cccnc12. The summed E-state index contributed by atoms with van der Waals surface area (Å²) in [6.07, 6.45) is 5.59. The lowest BCUT2D eigenvalue weighted by molar-refractivity contribution is 0.402. The van der Waals surface area contributed by atoms with Crippen LogP contribution in [0, 0.1) is 6.92 Å². The number of aryl methyl sites for hydroxylation is 1. The van der Waals surface area contributed by atoms with Gasteiger partial charge in [0.25, 0.3) is 0 Å². The van der Waals surface area contributed by atoms with Crippen LogP contribution < -0.4 is 0 Å². The highest BCUT2D eigenvalue weighted by molar-refractivity contribution is 5.94. The van der Waals surface area contributed by atoms with Crippen molar-refractivity contribution in [2.75, 3.05) is 0 Å². The highest BCUT2D eigenvalue weighted by Gasteiger charge is 2.23. The van der Waals surface area contributed by atoms with Gasteiger partial charge in [0.1, 0.15) is 5.82 Å². The molecule has 1 aromatic carbocycles. The molecule has 0 atom stereocenters. The number of benzene rings is 1. The van der Waals surface area contributed by atoms with Gasteiger partial charge < -0.3 is 0 Å². The van der Waals surface area contributed by atoms with Crippen molar-refractivity contribution in [3.05, 3.63) is 41.9 Å². The fraction of sp³-hybridized carbons (Fsp3) is 0.312. The molecule has 2 aromatic heterocycles. The number of aromatic amines is 1. The Hall–Kier alpha value is -2.23. The highest BCUT2D eigenvalue weighted by atomic mass is 15.2. The van der Waals surface area contributed by atoms with Gasteiger partial charge in [0.05, 0.1) is 5.52 Å². The summed E-state index contributed by atoms with van der Waals surface area (Å²) in [4.78, 5) is 9.16. The van der Waals surface area contributed by atoms with Crippen molar-refractivity contribution in [2.24, 2.45) is 0 Å². The Balaban J connectivity index is 1.85. The summed E-state index contributed by atoms with van der Waals surface area (Å²) in [6, 6.07) is 8.23. The first kappa shape index (κ1) is 11.6. The monoisotopic (exact) mass is 264 g/mol.